The molecule has 0 atom stereocenters. The predicted molar refractivity (Wildman–Crippen MR) is 102 cm³/mol. The highest BCUT2D eigenvalue weighted by Gasteiger charge is 2.25. The molecule has 2 aliphatic rings. The summed E-state index contributed by atoms with van der Waals surface area (Å²) in [6.45, 7) is 6.83. The number of likely N-dealkylation sites (tertiary alicyclic amines) is 1. The average Bonchev–Trinajstić information content (AvgIpc) is 2.69. The third-order valence-corrected chi connectivity index (χ3v) is 5.25. The van der Waals surface area contributed by atoms with Crippen molar-refractivity contribution in [1.29, 1.82) is 0 Å². The van der Waals surface area contributed by atoms with Crippen LogP contribution in [0.4, 0.5) is 5.82 Å². The van der Waals surface area contributed by atoms with E-state index in [4.69, 9.17) is 10.5 Å². The normalized spacial score (nSPS) is 19.8. The van der Waals surface area contributed by atoms with E-state index in [1.165, 1.54) is 0 Å². The lowest BCUT2D eigenvalue weighted by Crippen LogP contribution is -2.45. The molecular formula is C19H31N5O2. The number of amides is 1. The van der Waals surface area contributed by atoms with Crippen LogP contribution >= 0.6 is 0 Å². The van der Waals surface area contributed by atoms with Crippen molar-refractivity contribution in [2.24, 2.45) is 5.73 Å². The van der Waals surface area contributed by atoms with Gasteiger partial charge in [-0.15, -0.1) is 0 Å². The first-order chi connectivity index (χ1) is 12.7. The van der Waals surface area contributed by atoms with Crippen LogP contribution in [0.5, 0.6) is 0 Å². The van der Waals surface area contributed by atoms with E-state index >= 15 is 0 Å². The van der Waals surface area contributed by atoms with Crippen LogP contribution in [0.25, 0.3) is 0 Å². The van der Waals surface area contributed by atoms with Crippen LogP contribution in [0, 0.1) is 0 Å². The lowest BCUT2D eigenvalue weighted by Gasteiger charge is -2.34. The Bertz CT molecular complexity index is 581. The van der Waals surface area contributed by atoms with Crippen molar-refractivity contribution in [1.82, 2.24) is 14.8 Å². The third-order valence-electron chi connectivity index (χ3n) is 5.25. The second kappa shape index (κ2) is 9.30. The number of piperazine rings is 1. The summed E-state index contributed by atoms with van der Waals surface area (Å²) in [7, 11) is 2.13. The summed E-state index contributed by atoms with van der Waals surface area (Å²) >= 11 is 0. The SMILES string of the molecule is CN1CCN(c2cc(C(=O)N3CCC(OCCCN)CC3)ccn2)CC1. The molecule has 3 rings (SSSR count). The number of anilines is 1. The number of carbonyl (C=O) groups is 1. The second-order valence-electron chi connectivity index (χ2n) is 7.20. The highest BCUT2D eigenvalue weighted by atomic mass is 16.5. The number of carbonyl (C=O) groups excluding carboxylic acids is 1. The fourth-order valence-corrected chi connectivity index (χ4v) is 3.50. The van der Waals surface area contributed by atoms with Crippen molar-refractivity contribution in [2.45, 2.75) is 25.4 Å². The Balaban J connectivity index is 1.54. The zero-order valence-corrected chi connectivity index (χ0v) is 15.8. The molecule has 7 nitrogen and oxygen atoms in total. The number of piperidine rings is 1. The summed E-state index contributed by atoms with van der Waals surface area (Å²) in [5.74, 6) is 1.01. The molecule has 26 heavy (non-hydrogen) atoms. The van der Waals surface area contributed by atoms with Gasteiger partial charge >= 0.3 is 0 Å². The first-order valence-corrected chi connectivity index (χ1v) is 9.68. The minimum absolute atomic E-state index is 0.100. The highest BCUT2D eigenvalue weighted by molar-refractivity contribution is 5.94. The molecule has 2 fully saturated rings. The van der Waals surface area contributed by atoms with Crippen molar-refractivity contribution < 1.29 is 9.53 Å². The van der Waals surface area contributed by atoms with Gasteiger partial charge in [-0.3, -0.25) is 4.79 Å². The van der Waals surface area contributed by atoms with Gasteiger partial charge in [0.05, 0.1) is 6.10 Å². The van der Waals surface area contributed by atoms with E-state index in [0.29, 0.717) is 13.2 Å². The van der Waals surface area contributed by atoms with E-state index < -0.39 is 0 Å². The van der Waals surface area contributed by atoms with E-state index in [1.54, 1.807) is 6.20 Å². The molecule has 0 spiro atoms. The fraction of sp³-hybridized carbons (Fsp3) is 0.684. The fourth-order valence-electron chi connectivity index (χ4n) is 3.50. The van der Waals surface area contributed by atoms with Gasteiger partial charge in [0.2, 0.25) is 0 Å². The molecule has 2 N–H and O–H groups in total. The minimum atomic E-state index is 0.100. The van der Waals surface area contributed by atoms with Crippen molar-refractivity contribution in [3.8, 4) is 0 Å². The molecule has 1 aromatic rings. The van der Waals surface area contributed by atoms with Crippen molar-refractivity contribution in [3.63, 3.8) is 0 Å². The molecule has 144 valence electrons. The standard InChI is InChI=1S/C19H31N5O2/c1-22-10-12-23(13-11-22)18-15-16(3-7-21-18)19(25)24-8-4-17(5-9-24)26-14-2-6-20/h3,7,15,17H,2,4-6,8-14,20H2,1H3. The van der Waals surface area contributed by atoms with Crippen LogP contribution in [0.3, 0.4) is 0 Å². The molecule has 0 unspecified atom stereocenters. The zero-order chi connectivity index (χ0) is 18.4. The molecule has 0 aliphatic carbocycles. The summed E-state index contributed by atoms with van der Waals surface area (Å²) < 4.78 is 5.83. The first kappa shape index (κ1) is 19.1. The molecule has 7 heteroatoms. The van der Waals surface area contributed by atoms with Crippen molar-refractivity contribution >= 4 is 11.7 Å². The molecule has 0 aromatic carbocycles. The molecule has 0 radical (unpaired) electrons. The Hall–Kier alpha value is -1.70. The minimum Gasteiger partial charge on any atom is -0.378 e. The number of pyridine rings is 1. The predicted octanol–water partition coefficient (Wildman–Crippen LogP) is 0.803. The largest absolute Gasteiger partial charge is 0.378 e. The summed E-state index contributed by atoms with van der Waals surface area (Å²) in [6, 6.07) is 3.77. The Morgan fingerprint density at radius 3 is 2.65 bits per heavy atom. The number of rotatable bonds is 6. The maximum Gasteiger partial charge on any atom is 0.254 e. The van der Waals surface area contributed by atoms with Crippen LogP contribution in [0.15, 0.2) is 18.3 Å². The van der Waals surface area contributed by atoms with E-state index in [0.717, 1.165) is 69.9 Å². The van der Waals surface area contributed by atoms with Crippen LogP contribution in [0.2, 0.25) is 0 Å². The second-order valence-corrected chi connectivity index (χ2v) is 7.20. The number of hydrogen-bond acceptors (Lipinski definition) is 6. The molecular weight excluding hydrogens is 330 g/mol. The number of likely N-dealkylation sites (N-methyl/N-ethyl adjacent to an activating group) is 1. The van der Waals surface area contributed by atoms with Crippen molar-refractivity contribution in [3.05, 3.63) is 23.9 Å². The molecule has 0 saturated carbocycles. The van der Waals surface area contributed by atoms with E-state index in [-0.39, 0.29) is 12.0 Å². The average molecular weight is 361 g/mol. The highest BCUT2D eigenvalue weighted by Crippen LogP contribution is 2.19. The van der Waals surface area contributed by atoms with Crippen LogP contribution < -0.4 is 10.6 Å². The van der Waals surface area contributed by atoms with Crippen LogP contribution in [0.1, 0.15) is 29.6 Å². The number of ether oxygens (including phenoxy) is 1. The summed E-state index contributed by atoms with van der Waals surface area (Å²) in [5, 5.41) is 0. The van der Waals surface area contributed by atoms with Gasteiger partial charge in [0.1, 0.15) is 5.82 Å². The van der Waals surface area contributed by atoms with Gasteiger partial charge in [-0.1, -0.05) is 0 Å². The topological polar surface area (TPSA) is 74.9 Å². The summed E-state index contributed by atoms with van der Waals surface area (Å²) in [6.07, 6.45) is 4.69. The maximum absolute atomic E-state index is 12.9. The Kier molecular flexibility index (Phi) is 6.82. The van der Waals surface area contributed by atoms with Gasteiger partial charge in [-0.2, -0.15) is 0 Å². The lowest BCUT2D eigenvalue weighted by atomic mass is 10.1. The van der Waals surface area contributed by atoms with Gasteiger partial charge < -0.3 is 25.2 Å². The Morgan fingerprint density at radius 1 is 1.23 bits per heavy atom. The molecule has 3 heterocycles. The monoisotopic (exact) mass is 361 g/mol. The molecule has 1 aromatic heterocycles. The van der Waals surface area contributed by atoms with Gasteiger partial charge in [-0.25, -0.2) is 4.98 Å². The quantitative estimate of drug-likeness (QED) is 0.756. The molecule has 0 bridgehead atoms. The number of nitrogens with two attached hydrogens (primary N) is 1. The number of hydrogen-bond donors (Lipinski definition) is 1. The Labute approximate surface area is 156 Å². The number of nitrogens with zero attached hydrogens (tertiary/aromatic N) is 4. The van der Waals surface area contributed by atoms with Crippen LogP contribution in [-0.2, 0) is 4.74 Å². The first-order valence-electron chi connectivity index (χ1n) is 9.68. The Morgan fingerprint density at radius 2 is 1.96 bits per heavy atom. The summed E-state index contributed by atoms with van der Waals surface area (Å²) in [5.41, 5.74) is 6.23. The summed E-state index contributed by atoms with van der Waals surface area (Å²) in [4.78, 5) is 23.8. The zero-order valence-electron chi connectivity index (χ0n) is 15.8. The van der Waals surface area contributed by atoms with Crippen LogP contribution in [-0.4, -0.2) is 86.3 Å². The van der Waals surface area contributed by atoms with Crippen molar-refractivity contribution in [2.75, 3.05) is 64.4 Å². The molecule has 2 aliphatic heterocycles. The van der Waals surface area contributed by atoms with Gasteiger partial charge in [0.15, 0.2) is 0 Å². The number of aromatic nitrogens is 1. The van der Waals surface area contributed by atoms with Gasteiger partial charge in [-0.05, 0) is 45.0 Å². The van der Waals surface area contributed by atoms with Gasteiger partial charge in [0, 0.05) is 57.6 Å². The van der Waals surface area contributed by atoms with Gasteiger partial charge in [0.25, 0.3) is 5.91 Å². The molecule has 2 saturated heterocycles. The smallest absolute Gasteiger partial charge is 0.254 e. The van der Waals surface area contributed by atoms with E-state index in [2.05, 4.69) is 21.8 Å². The maximum atomic E-state index is 12.9. The lowest BCUT2D eigenvalue weighted by molar-refractivity contribution is 0.00844. The van der Waals surface area contributed by atoms with E-state index in [9.17, 15) is 4.79 Å². The molecule has 1 amide bonds. The van der Waals surface area contributed by atoms with E-state index in [1.807, 2.05) is 17.0 Å². The third kappa shape index (κ3) is 4.93.